The molecule has 0 radical (unpaired) electrons. The molecular formula is C10H18. The molecule has 0 aliphatic heterocycles. The van der Waals surface area contributed by atoms with Gasteiger partial charge in [0.25, 0.3) is 0 Å². The Morgan fingerprint density at radius 3 is 2.30 bits per heavy atom. The minimum absolute atomic E-state index is 0.866. The lowest BCUT2D eigenvalue weighted by Gasteiger charge is -1.90. The van der Waals surface area contributed by atoms with Gasteiger partial charge in [-0.05, 0) is 24.2 Å². The highest BCUT2D eigenvalue weighted by Gasteiger charge is 2.44. The first kappa shape index (κ1) is 7.84. The molecular weight excluding hydrogens is 120 g/mol. The van der Waals surface area contributed by atoms with E-state index >= 15 is 0 Å². The topological polar surface area (TPSA) is 0 Å². The van der Waals surface area contributed by atoms with Crippen LogP contribution < -0.4 is 0 Å². The van der Waals surface area contributed by atoms with Gasteiger partial charge >= 0.3 is 0 Å². The van der Waals surface area contributed by atoms with E-state index in [1.807, 2.05) is 0 Å². The summed E-state index contributed by atoms with van der Waals surface area (Å²) in [5.74, 6) is 2.84. The molecule has 3 unspecified atom stereocenters. The van der Waals surface area contributed by atoms with Gasteiger partial charge in [0.1, 0.15) is 0 Å². The summed E-state index contributed by atoms with van der Waals surface area (Å²) in [6.07, 6.45) is 6.25. The van der Waals surface area contributed by atoms with Crippen molar-refractivity contribution < 1.29 is 0 Å². The fourth-order valence-electron chi connectivity index (χ4n) is 2.14. The maximum atomic E-state index is 3.85. The zero-order chi connectivity index (χ0) is 7.56. The van der Waals surface area contributed by atoms with Crippen molar-refractivity contribution in [1.82, 2.24) is 0 Å². The Hall–Kier alpha value is -0.260. The number of hydrogen-bond donors (Lipinski definition) is 0. The van der Waals surface area contributed by atoms with Crippen molar-refractivity contribution in [2.75, 3.05) is 0 Å². The molecule has 0 aromatic carbocycles. The summed E-state index contributed by atoms with van der Waals surface area (Å²) in [4.78, 5) is 0. The van der Waals surface area contributed by atoms with Crippen LogP contribution in [0.5, 0.6) is 0 Å². The lowest BCUT2D eigenvalue weighted by atomic mass is 10.2. The van der Waals surface area contributed by atoms with Crippen LogP contribution in [0.15, 0.2) is 12.7 Å². The third-order valence-corrected chi connectivity index (χ3v) is 2.76. The quantitative estimate of drug-likeness (QED) is 0.523. The zero-order valence-electron chi connectivity index (χ0n) is 7.14. The van der Waals surface area contributed by atoms with E-state index in [4.69, 9.17) is 0 Å². The minimum Gasteiger partial charge on any atom is -0.103 e. The third kappa shape index (κ3) is 1.25. The van der Waals surface area contributed by atoms with Crippen molar-refractivity contribution in [3.63, 3.8) is 0 Å². The number of rotatable bonds is 4. The average Bonchev–Trinajstić information content (AvgIpc) is 2.62. The average molecular weight is 138 g/mol. The first-order chi connectivity index (χ1) is 4.85. The third-order valence-electron chi connectivity index (χ3n) is 2.76. The minimum atomic E-state index is 0.866. The molecule has 0 N–H and O–H groups in total. The molecule has 0 amide bonds. The molecule has 1 rings (SSSR count). The summed E-state index contributed by atoms with van der Waals surface area (Å²) in [5, 5.41) is 0. The smallest absolute Gasteiger partial charge is 0.0174 e. The molecule has 0 heteroatoms. The highest BCUT2D eigenvalue weighted by molar-refractivity contribution is 5.04. The lowest BCUT2D eigenvalue weighted by molar-refractivity contribution is 0.620. The van der Waals surface area contributed by atoms with Crippen LogP contribution in [-0.2, 0) is 0 Å². The molecule has 0 nitrogen and oxygen atoms in total. The molecule has 0 heterocycles. The summed E-state index contributed by atoms with van der Waals surface area (Å²) in [5.41, 5.74) is 0. The van der Waals surface area contributed by atoms with Gasteiger partial charge in [-0.2, -0.15) is 0 Å². The second-order valence-electron chi connectivity index (χ2n) is 3.34. The van der Waals surface area contributed by atoms with Crippen LogP contribution in [0.3, 0.4) is 0 Å². The molecule has 58 valence electrons. The second kappa shape index (κ2) is 3.23. The molecule has 0 aromatic heterocycles. The highest BCUT2D eigenvalue weighted by Crippen LogP contribution is 2.51. The van der Waals surface area contributed by atoms with E-state index in [1.165, 1.54) is 19.3 Å². The molecule has 0 aromatic rings. The van der Waals surface area contributed by atoms with Crippen molar-refractivity contribution in [3.8, 4) is 0 Å². The van der Waals surface area contributed by atoms with E-state index in [2.05, 4.69) is 26.5 Å². The predicted octanol–water partition coefficient (Wildman–Crippen LogP) is 3.24. The van der Waals surface area contributed by atoms with Crippen molar-refractivity contribution in [1.29, 1.82) is 0 Å². The fraction of sp³-hybridized carbons (Fsp3) is 0.800. The maximum absolute atomic E-state index is 3.85. The largest absolute Gasteiger partial charge is 0.103 e. The standard InChI is InChI=1S/C10H18/c1-4-7-10-8(5-2)9(10)6-3/h5,8-10H,2,4,6-7H2,1,3H3. The van der Waals surface area contributed by atoms with Gasteiger partial charge in [0.05, 0.1) is 0 Å². The van der Waals surface area contributed by atoms with Crippen molar-refractivity contribution in [2.45, 2.75) is 33.1 Å². The number of allylic oxidation sites excluding steroid dienone is 1. The molecule has 10 heavy (non-hydrogen) atoms. The first-order valence-electron chi connectivity index (χ1n) is 4.47. The molecule has 1 saturated carbocycles. The highest BCUT2D eigenvalue weighted by atomic mass is 14.5. The molecule has 1 aliphatic rings. The van der Waals surface area contributed by atoms with E-state index in [1.54, 1.807) is 0 Å². The van der Waals surface area contributed by atoms with Crippen LogP contribution in [0.25, 0.3) is 0 Å². The molecule has 0 spiro atoms. The van der Waals surface area contributed by atoms with Gasteiger partial charge < -0.3 is 0 Å². The first-order valence-corrected chi connectivity index (χ1v) is 4.47. The Bertz CT molecular complexity index is 115. The zero-order valence-corrected chi connectivity index (χ0v) is 7.14. The van der Waals surface area contributed by atoms with Crippen molar-refractivity contribution in [3.05, 3.63) is 12.7 Å². The second-order valence-corrected chi connectivity index (χ2v) is 3.34. The molecule has 3 atom stereocenters. The van der Waals surface area contributed by atoms with Crippen LogP contribution in [0.1, 0.15) is 33.1 Å². The molecule has 1 fully saturated rings. The maximum Gasteiger partial charge on any atom is -0.0174 e. The fourth-order valence-corrected chi connectivity index (χ4v) is 2.14. The number of hydrogen-bond acceptors (Lipinski definition) is 0. The van der Waals surface area contributed by atoms with Crippen LogP contribution in [0, 0.1) is 17.8 Å². The summed E-state index contributed by atoms with van der Waals surface area (Å²) >= 11 is 0. The summed E-state index contributed by atoms with van der Waals surface area (Å²) in [7, 11) is 0. The Morgan fingerprint density at radius 2 is 2.00 bits per heavy atom. The molecule has 1 aliphatic carbocycles. The van der Waals surface area contributed by atoms with Gasteiger partial charge in [0, 0.05) is 0 Å². The van der Waals surface area contributed by atoms with Gasteiger partial charge in [0.15, 0.2) is 0 Å². The van der Waals surface area contributed by atoms with E-state index in [-0.39, 0.29) is 0 Å². The summed E-state index contributed by atoms with van der Waals surface area (Å²) in [6.45, 7) is 8.41. The normalized spacial score (nSPS) is 37.6. The SMILES string of the molecule is C=CC1C(CC)C1CCC. The van der Waals surface area contributed by atoms with E-state index in [0.717, 1.165) is 17.8 Å². The summed E-state index contributed by atoms with van der Waals surface area (Å²) < 4.78 is 0. The van der Waals surface area contributed by atoms with Crippen molar-refractivity contribution >= 4 is 0 Å². The van der Waals surface area contributed by atoms with Gasteiger partial charge in [-0.25, -0.2) is 0 Å². The van der Waals surface area contributed by atoms with E-state index in [9.17, 15) is 0 Å². The van der Waals surface area contributed by atoms with Crippen molar-refractivity contribution in [2.24, 2.45) is 17.8 Å². The van der Waals surface area contributed by atoms with Gasteiger partial charge in [0.2, 0.25) is 0 Å². The van der Waals surface area contributed by atoms with Crippen LogP contribution in [0.2, 0.25) is 0 Å². The Kier molecular flexibility index (Phi) is 2.53. The van der Waals surface area contributed by atoms with E-state index in [0.29, 0.717) is 0 Å². The van der Waals surface area contributed by atoms with Crippen LogP contribution >= 0.6 is 0 Å². The Morgan fingerprint density at radius 1 is 1.30 bits per heavy atom. The predicted molar refractivity (Wildman–Crippen MR) is 45.9 cm³/mol. The monoisotopic (exact) mass is 138 g/mol. The Labute approximate surface area is 64.3 Å². The van der Waals surface area contributed by atoms with Gasteiger partial charge in [-0.15, -0.1) is 6.58 Å². The van der Waals surface area contributed by atoms with Gasteiger partial charge in [-0.3, -0.25) is 0 Å². The summed E-state index contributed by atoms with van der Waals surface area (Å²) in [6, 6.07) is 0. The van der Waals surface area contributed by atoms with Crippen LogP contribution in [0.4, 0.5) is 0 Å². The Balaban J connectivity index is 2.29. The van der Waals surface area contributed by atoms with Gasteiger partial charge in [-0.1, -0.05) is 32.8 Å². The van der Waals surface area contributed by atoms with E-state index < -0.39 is 0 Å². The molecule has 0 bridgehead atoms. The van der Waals surface area contributed by atoms with Crippen LogP contribution in [-0.4, -0.2) is 0 Å². The molecule has 0 saturated heterocycles. The lowest BCUT2D eigenvalue weighted by Crippen LogP contribution is -1.78.